The molecular formula is C15H21NO2S. The van der Waals surface area contributed by atoms with E-state index in [1.165, 1.54) is 15.6 Å². The third-order valence-corrected chi connectivity index (χ3v) is 4.17. The first-order valence-corrected chi connectivity index (χ1v) is 7.44. The van der Waals surface area contributed by atoms with E-state index in [1.54, 1.807) is 25.6 Å². The highest BCUT2D eigenvalue weighted by atomic mass is 32.1. The van der Waals surface area contributed by atoms with E-state index >= 15 is 0 Å². The molecule has 0 saturated heterocycles. The van der Waals surface area contributed by atoms with Gasteiger partial charge in [-0.2, -0.15) is 0 Å². The summed E-state index contributed by atoms with van der Waals surface area (Å²) in [6.07, 6.45) is 0.802. The van der Waals surface area contributed by atoms with Crippen molar-refractivity contribution in [2.24, 2.45) is 0 Å². The van der Waals surface area contributed by atoms with Crippen LogP contribution in [0, 0.1) is 0 Å². The molecule has 0 saturated carbocycles. The minimum atomic E-state index is -0.278. The highest BCUT2D eigenvalue weighted by Gasteiger charge is 2.24. The molecule has 2 aromatic rings. The molecule has 1 aromatic heterocycles. The lowest BCUT2D eigenvalue weighted by atomic mass is 10.0. The van der Waals surface area contributed by atoms with Gasteiger partial charge < -0.3 is 14.8 Å². The van der Waals surface area contributed by atoms with Gasteiger partial charge in [0.1, 0.15) is 0 Å². The van der Waals surface area contributed by atoms with Crippen LogP contribution in [0.25, 0.3) is 10.1 Å². The van der Waals surface area contributed by atoms with Gasteiger partial charge in [0.2, 0.25) is 0 Å². The van der Waals surface area contributed by atoms with Crippen molar-refractivity contribution in [3.05, 3.63) is 35.2 Å². The van der Waals surface area contributed by atoms with E-state index < -0.39 is 0 Å². The van der Waals surface area contributed by atoms with Gasteiger partial charge in [0.05, 0.1) is 6.04 Å². The molecule has 0 fully saturated rings. The van der Waals surface area contributed by atoms with Gasteiger partial charge in [0, 0.05) is 18.9 Å². The Bertz CT molecular complexity index is 508. The molecule has 0 aliphatic rings. The maximum atomic E-state index is 5.46. The Kier molecular flexibility index (Phi) is 5.34. The molecule has 19 heavy (non-hydrogen) atoms. The van der Waals surface area contributed by atoms with Gasteiger partial charge in [-0.3, -0.25) is 0 Å². The molecule has 3 nitrogen and oxygen atoms in total. The smallest absolute Gasteiger partial charge is 0.176 e. The lowest BCUT2D eigenvalue weighted by Gasteiger charge is -2.26. The molecule has 0 spiro atoms. The summed E-state index contributed by atoms with van der Waals surface area (Å²) < 4.78 is 12.2. The molecule has 1 atom stereocenters. The third-order valence-electron chi connectivity index (χ3n) is 3.20. The van der Waals surface area contributed by atoms with E-state index in [9.17, 15) is 0 Å². The van der Waals surface area contributed by atoms with Crippen molar-refractivity contribution in [2.45, 2.75) is 25.7 Å². The Labute approximate surface area is 118 Å². The average Bonchev–Trinajstić information content (AvgIpc) is 2.92. The summed E-state index contributed by atoms with van der Waals surface area (Å²) in [5.41, 5.74) is 1.25. The number of hydrogen-bond acceptors (Lipinski definition) is 4. The van der Waals surface area contributed by atoms with E-state index in [0.29, 0.717) is 0 Å². The Morgan fingerprint density at radius 3 is 2.68 bits per heavy atom. The average molecular weight is 279 g/mol. The number of rotatable bonds is 7. The van der Waals surface area contributed by atoms with Crippen molar-refractivity contribution in [1.29, 1.82) is 0 Å². The first kappa shape index (κ1) is 14.5. The number of thiophene rings is 1. The minimum absolute atomic E-state index is 0.0531. The van der Waals surface area contributed by atoms with Crippen molar-refractivity contribution in [3.8, 4) is 0 Å². The van der Waals surface area contributed by atoms with Crippen LogP contribution in [0.15, 0.2) is 29.6 Å². The van der Waals surface area contributed by atoms with Crippen molar-refractivity contribution in [1.82, 2.24) is 5.32 Å². The fraction of sp³-hybridized carbons (Fsp3) is 0.467. The maximum absolute atomic E-state index is 5.46. The van der Waals surface area contributed by atoms with Crippen LogP contribution in [0.4, 0.5) is 0 Å². The van der Waals surface area contributed by atoms with Crippen molar-refractivity contribution in [2.75, 3.05) is 20.8 Å². The largest absolute Gasteiger partial charge is 0.354 e. The van der Waals surface area contributed by atoms with Crippen LogP contribution in [-0.2, 0) is 9.47 Å². The second-order valence-corrected chi connectivity index (χ2v) is 5.37. The summed E-state index contributed by atoms with van der Waals surface area (Å²) in [5, 5.41) is 6.93. The van der Waals surface area contributed by atoms with E-state index in [0.717, 1.165) is 13.0 Å². The second kappa shape index (κ2) is 7.01. The molecule has 1 heterocycles. The quantitative estimate of drug-likeness (QED) is 0.786. The van der Waals surface area contributed by atoms with Crippen molar-refractivity contribution < 1.29 is 9.47 Å². The Hall–Kier alpha value is -0.940. The van der Waals surface area contributed by atoms with Crippen molar-refractivity contribution >= 4 is 21.4 Å². The summed E-state index contributed by atoms with van der Waals surface area (Å²) >= 11 is 1.76. The fourth-order valence-electron chi connectivity index (χ4n) is 2.28. The molecule has 1 unspecified atom stereocenters. The van der Waals surface area contributed by atoms with Crippen LogP contribution < -0.4 is 5.32 Å². The topological polar surface area (TPSA) is 30.5 Å². The number of methoxy groups -OCH3 is 2. The molecule has 0 radical (unpaired) electrons. The van der Waals surface area contributed by atoms with Crippen LogP contribution in [-0.4, -0.2) is 27.1 Å². The van der Waals surface area contributed by atoms with E-state index in [2.05, 4.69) is 41.9 Å². The van der Waals surface area contributed by atoms with Gasteiger partial charge in [-0.05, 0) is 35.4 Å². The molecule has 0 bridgehead atoms. The predicted octanol–water partition coefficient (Wildman–Crippen LogP) is 3.56. The van der Waals surface area contributed by atoms with E-state index in [4.69, 9.17) is 9.47 Å². The predicted molar refractivity (Wildman–Crippen MR) is 80.7 cm³/mol. The maximum Gasteiger partial charge on any atom is 0.176 e. The summed E-state index contributed by atoms with van der Waals surface area (Å²) in [6, 6.07) is 8.58. The van der Waals surface area contributed by atoms with Crippen LogP contribution in [0.3, 0.4) is 0 Å². The SMILES string of the molecule is CCCNC(c1cccc2ccsc12)C(OC)OC. The monoisotopic (exact) mass is 279 g/mol. The first-order chi connectivity index (χ1) is 9.31. The van der Waals surface area contributed by atoms with E-state index in [-0.39, 0.29) is 12.3 Å². The first-order valence-electron chi connectivity index (χ1n) is 6.57. The zero-order valence-corrected chi connectivity index (χ0v) is 12.5. The molecule has 2 rings (SSSR count). The second-order valence-electron chi connectivity index (χ2n) is 4.46. The highest BCUT2D eigenvalue weighted by Crippen LogP contribution is 2.31. The van der Waals surface area contributed by atoms with Gasteiger partial charge in [-0.15, -0.1) is 11.3 Å². The molecule has 104 valence electrons. The standard InChI is InChI=1S/C15H21NO2S/c1-4-9-16-13(15(17-2)18-3)12-7-5-6-11-8-10-19-14(11)12/h5-8,10,13,15-16H,4,9H2,1-3H3. The third kappa shape index (κ3) is 3.15. The molecule has 0 aliphatic heterocycles. The van der Waals surface area contributed by atoms with Gasteiger partial charge in [0.15, 0.2) is 6.29 Å². The van der Waals surface area contributed by atoms with Gasteiger partial charge in [-0.1, -0.05) is 25.1 Å². The molecule has 0 amide bonds. The number of ether oxygens (including phenoxy) is 2. The zero-order valence-electron chi connectivity index (χ0n) is 11.7. The number of fused-ring (bicyclic) bond motifs is 1. The van der Waals surface area contributed by atoms with Gasteiger partial charge >= 0.3 is 0 Å². The normalized spacial score (nSPS) is 13.3. The van der Waals surface area contributed by atoms with Gasteiger partial charge in [0.25, 0.3) is 0 Å². The Morgan fingerprint density at radius 2 is 2.00 bits per heavy atom. The van der Waals surface area contributed by atoms with Crippen LogP contribution in [0.5, 0.6) is 0 Å². The van der Waals surface area contributed by atoms with Gasteiger partial charge in [-0.25, -0.2) is 0 Å². The van der Waals surface area contributed by atoms with Crippen LogP contribution >= 0.6 is 11.3 Å². The fourth-order valence-corrected chi connectivity index (χ4v) is 3.24. The Morgan fingerprint density at radius 1 is 1.21 bits per heavy atom. The lowest BCUT2D eigenvalue weighted by molar-refractivity contribution is -0.123. The summed E-state index contributed by atoms with van der Waals surface area (Å²) in [7, 11) is 3.37. The lowest BCUT2D eigenvalue weighted by Crippen LogP contribution is -2.35. The molecule has 4 heteroatoms. The number of hydrogen-bond donors (Lipinski definition) is 1. The van der Waals surface area contributed by atoms with Crippen LogP contribution in [0.2, 0.25) is 0 Å². The van der Waals surface area contributed by atoms with Crippen LogP contribution in [0.1, 0.15) is 24.9 Å². The Balaban J connectivity index is 2.38. The summed E-state index contributed by atoms with van der Waals surface area (Å²) in [6.45, 7) is 3.10. The zero-order chi connectivity index (χ0) is 13.7. The van der Waals surface area contributed by atoms with Crippen molar-refractivity contribution in [3.63, 3.8) is 0 Å². The number of benzene rings is 1. The minimum Gasteiger partial charge on any atom is -0.354 e. The molecule has 1 aromatic carbocycles. The molecule has 1 N–H and O–H groups in total. The molecule has 0 aliphatic carbocycles. The molecular weight excluding hydrogens is 258 g/mol. The summed E-state index contributed by atoms with van der Waals surface area (Å²) in [4.78, 5) is 0. The number of nitrogens with one attached hydrogen (secondary N) is 1. The highest BCUT2D eigenvalue weighted by molar-refractivity contribution is 7.17. The van der Waals surface area contributed by atoms with E-state index in [1.807, 2.05) is 0 Å². The summed E-state index contributed by atoms with van der Waals surface area (Å²) in [5.74, 6) is 0.